The second-order valence-electron chi connectivity index (χ2n) is 8.67. The minimum absolute atomic E-state index is 0.0105. The number of hydrogen-bond donors (Lipinski definition) is 5. The average molecular weight is 773 g/mol. The zero-order valence-corrected chi connectivity index (χ0v) is 27.8. The Morgan fingerprint density at radius 3 is 1.62 bits per heavy atom. The molecular formula is C22H24N6O15S5. The third-order valence-electron chi connectivity index (χ3n) is 5.56. The van der Waals surface area contributed by atoms with Crippen LogP contribution in [0, 0.1) is 0 Å². The molecule has 3 rings (SSSR count). The van der Waals surface area contributed by atoms with Crippen LogP contribution < -0.4 is 11.5 Å². The minimum atomic E-state index is -5.00. The normalized spacial score (nSPS) is 12.7. The van der Waals surface area contributed by atoms with Crippen LogP contribution in [0.2, 0.25) is 0 Å². The van der Waals surface area contributed by atoms with Gasteiger partial charge in [0.15, 0.2) is 44.3 Å². The fraction of sp³-hybridized carbons (Fsp3) is 0.182. The van der Waals surface area contributed by atoms with Gasteiger partial charge in [-0.25, -0.2) is 27.4 Å². The van der Waals surface area contributed by atoms with Crippen molar-refractivity contribution in [1.82, 2.24) is 0 Å². The molecule has 0 heterocycles. The summed E-state index contributed by atoms with van der Waals surface area (Å²) in [5.41, 5.74) is 11.8. The molecule has 0 aliphatic carbocycles. The van der Waals surface area contributed by atoms with Crippen molar-refractivity contribution >= 4 is 88.6 Å². The number of rotatable bonds is 19. The first-order valence-electron chi connectivity index (χ1n) is 12.4. The average Bonchev–Trinajstić information content (AvgIpc) is 3.03. The highest BCUT2D eigenvalue weighted by Gasteiger charge is 2.22. The van der Waals surface area contributed by atoms with E-state index >= 15 is 0 Å². The van der Waals surface area contributed by atoms with E-state index in [9.17, 15) is 29.8 Å². The van der Waals surface area contributed by atoms with Crippen LogP contribution in [0.15, 0.2) is 89.7 Å². The topological polar surface area (TPSA) is 320 Å². The highest BCUT2D eigenvalue weighted by atomic mass is 32.2. The summed E-state index contributed by atoms with van der Waals surface area (Å²) in [4.78, 5) is -1.40. The van der Waals surface area contributed by atoms with E-state index in [2.05, 4.69) is 39.2 Å². The van der Waals surface area contributed by atoms with Gasteiger partial charge in [0, 0.05) is 0 Å². The summed E-state index contributed by atoms with van der Waals surface area (Å²) in [6.45, 7) is -0.716. The molecule has 0 amide bonds. The predicted molar refractivity (Wildman–Crippen MR) is 167 cm³/mol. The van der Waals surface area contributed by atoms with Crippen molar-refractivity contribution in [2.24, 2.45) is 20.5 Å². The number of hydrogen-bond acceptors (Lipinski definition) is 22. The zero-order valence-electron chi connectivity index (χ0n) is 23.7. The number of anilines is 2. The Morgan fingerprint density at radius 2 is 1.10 bits per heavy atom. The monoisotopic (exact) mass is 772 g/mol. The van der Waals surface area contributed by atoms with Crippen LogP contribution in [0.1, 0.15) is 0 Å². The van der Waals surface area contributed by atoms with E-state index < -0.39 is 63.4 Å². The Balaban J connectivity index is 1.80. The molecule has 0 aromatic heterocycles. The lowest BCUT2D eigenvalue weighted by molar-refractivity contribution is -0.434. The summed E-state index contributed by atoms with van der Waals surface area (Å²) in [7, 11) is -12.9. The number of azo groups is 2. The van der Waals surface area contributed by atoms with Crippen molar-refractivity contribution in [3.8, 4) is 0 Å². The summed E-state index contributed by atoms with van der Waals surface area (Å²) in [6.07, 6.45) is 0. The molecule has 262 valence electrons. The number of nitrogens with two attached hydrogens (primary N) is 2. The summed E-state index contributed by atoms with van der Waals surface area (Å²) in [5.74, 6) is -1.05. The molecule has 0 aliphatic rings. The van der Waals surface area contributed by atoms with Gasteiger partial charge in [-0.1, -0.05) is 10.1 Å². The Hall–Kier alpha value is -3.35. The van der Waals surface area contributed by atoms with Crippen molar-refractivity contribution in [3.63, 3.8) is 0 Å². The van der Waals surface area contributed by atoms with E-state index in [0.29, 0.717) is 6.07 Å². The number of sulfone groups is 2. The van der Waals surface area contributed by atoms with Crippen LogP contribution in [0.25, 0.3) is 0 Å². The van der Waals surface area contributed by atoms with Crippen LogP contribution >= 0.6 is 24.6 Å². The highest BCUT2D eigenvalue weighted by molar-refractivity contribution is 7.92. The van der Waals surface area contributed by atoms with Gasteiger partial charge in [0.2, 0.25) is 0 Å². The predicted octanol–water partition coefficient (Wildman–Crippen LogP) is 4.48. The molecule has 0 unspecified atom stereocenters. The van der Waals surface area contributed by atoms with Gasteiger partial charge in [0.05, 0.1) is 51.6 Å². The van der Waals surface area contributed by atoms with Gasteiger partial charge in [-0.15, -0.1) is 24.0 Å². The first kappa shape index (κ1) is 39.1. The van der Waals surface area contributed by atoms with E-state index in [1.54, 1.807) is 0 Å². The lowest BCUT2D eigenvalue weighted by Gasteiger charge is -2.08. The summed E-state index contributed by atoms with van der Waals surface area (Å²) >= 11 is 0.391. The molecular weight excluding hydrogens is 749 g/mol. The van der Waals surface area contributed by atoms with E-state index in [-0.39, 0.29) is 64.6 Å². The molecule has 48 heavy (non-hydrogen) atoms. The highest BCUT2D eigenvalue weighted by Crippen LogP contribution is 2.36. The molecule has 0 saturated carbocycles. The Bertz CT molecular complexity index is 1950. The van der Waals surface area contributed by atoms with Gasteiger partial charge in [-0.2, -0.15) is 13.5 Å². The Kier molecular flexibility index (Phi) is 14.6. The van der Waals surface area contributed by atoms with Gasteiger partial charge in [0.25, 0.3) is 10.1 Å². The molecule has 7 N–H and O–H groups in total. The summed E-state index contributed by atoms with van der Waals surface area (Å²) < 4.78 is 101. The molecule has 3 aromatic rings. The van der Waals surface area contributed by atoms with Crippen LogP contribution in [0.4, 0.5) is 34.1 Å². The molecule has 0 fully saturated rings. The van der Waals surface area contributed by atoms with E-state index in [0.717, 1.165) is 12.1 Å². The molecule has 0 radical (unpaired) electrons. The van der Waals surface area contributed by atoms with Gasteiger partial charge in [-0.05, 0) is 54.6 Å². The van der Waals surface area contributed by atoms with Gasteiger partial charge in [-0.3, -0.25) is 12.9 Å². The van der Waals surface area contributed by atoms with E-state index in [1.807, 2.05) is 0 Å². The summed E-state index contributed by atoms with van der Waals surface area (Å²) in [5, 5.41) is 38.4. The third kappa shape index (κ3) is 11.7. The quantitative estimate of drug-likeness (QED) is 0.0213. The second kappa shape index (κ2) is 17.9. The van der Waals surface area contributed by atoms with Crippen molar-refractivity contribution in [2.75, 3.05) is 36.2 Å². The van der Waals surface area contributed by atoms with Crippen molar-refractivity contribution in [2.45, 2.75) is 14.7 Å². The maximum absolute atomic E-state index is 12.6. The fourth-order valence-electron chi connectivity index (χ4n) is 3.36. The fourth-order valence-corrected chi connectivity index (χ4v) is 6.92. The molecule has 26 heteroatoms. The lowest BCUT2D eigenvalue weighted by Crippen LogP contribution is -2.12. The van der Waals surface area contributed by atoms with Crippen LogP contribution in [0.3, 0.4) is 0 Å². The maximum atomic E-state index is 12.6. The molecule has 0 atom stereocenters. The van der Waals surface area contributed by atoms with Crippen molar-refractivity contribution in [3.05, 3.63) is 54.6 Å². The lowest BCUT2D eigenvalue weighted by atomic mass is 10.2. The Morgan fingerprint density at radius 1 is 0.625 bits per heavy atom. The molecule has 0 spiro atoms. The minimum Gasteiger partial charge on any atom is -0.397 e. The zero-order chi connectivity index (χ0) is 35.4. The first-order valence-corrected chi connectivity index (χ1v) is 18.5. The molecule has 0 saturated heterocycles. The molecule has 3 aromatic carbocycles. The first-order chi connectivity index (χ1) is 22.7. The van der Waals surface area contributed by atoms with Crippen LogP contribution in [-0.4, -0.2) is 65.0 Å². The van der Waals surface area contributed by atoms with Gasteiger partial charge >= 0.3 is 0 Å². The largest absolute Gasteiger partial charge is 0.397 e. The van der Waals surface area contributed by atoms with Crippen molar-refractivity contribution < 1.29 is 67.4 Å². The number of nitrogens with zero attached hydrogens (tertiary/aromatic N) is 4. The van der Waals surface area contributed by atoms with E-state index in [4.69, 9.17) is 30.3 Å². The van der Waals surface area contributed by atoms with E-state index in [1.165, 1.54) is 36.4 Å². The second-order valence-corrected chi connectivity index (χ2v) is 15.3. The maximum Gasteiger partial charge on any atom is 0.296 e. The van der Waals surface area contributed by atoms with Crippen LogP contribution in [-0.2, 0) is 56.9 Å². The molecule has 0 bridgehead atoms. The molecule has 21 nitrogen and oxygen atoms in total. The number of nitrogen functional groups attached to an aromatic ring is 2. The van der Waals surface area contributed by atoms with Gasteiger partial charge < -0.3 is 11.5 Å². The van der Waals surface area contributed by atoms with Gasteiger partial charge in [0.1, 0.15) is 22.0 Å². The smallest absolute Gasteiger partial charge is 0.296 e. The van der Waals surface area contributed by atoms with Crippen molar-refractivity contribution in [1.29, 1.82) is 0 Å². The Labute approximate surface area is 281 Å². The van der Waals surface area contributed by atoms with Crippen LogP contribution in [0.5, 0.6) is 0 Å². The third-order valence-corrected chi connectivity index (χ3v) is 10.6. The summed E-state index contributed by atoms with van der Waals surface area (Å²) in [6, 6.07) is 10.5. The number of benzene rings is 3. The standard InChI is InChI=1S/C22H24N6O15S5/c23-17-12-18(24)21(13-20(17)27-25-14-1-3-15(4-2-14)46(31,32)9-7-38-44-42-40-29)28-26-19-6-5-16(11-22(19)48(35,36)37)47(33,34)10-8-39-45-43-41-30/h1-6,11-13,29-30H,7-10,23-24H2,(H,35,36,37). The SMILES string of the molecule is Nc1cc(N)c(N=Nc2ccc(S(=O)(=O)CCOSOOO)cc2S(=O)(=O)O)cc1N=Nc1ccc(S(=O)(=O)CCOSOOO)cc1. The molecule has 0 aliphatic heterocycles.